The van der Waals surface area contributed by atoms with E-state index in [-0.39, 0.29) is 17.9 Å². The van der Waals surface area contributed by atoms with Crippen LogP contribution < -0.4 is 0 Å². The van der Waals surface area contributed by atoms with Gasteiger partial charge < -0.3 is 9.84 Å². The molecule has 3 nitrogen and oxygen atoms in total. The molecule has 0 saturated carbocycles. The molecular formula is C8H16O3. The molecule has 0 spiro atoms. The standard InChI is InChI=1S/C8H16O3/c1-5(7(3)11-4)6(2)8(9)10/h5-7H,1-4H3,(H,9,10). The molecule has 0 aromatic heterocycles. The largest absolute Gasteiger partial charge is 0.481 e. The van der Waals surface area contributed by atoms with Crippen molar-refractivity contribution in [2.45, 2.75) is 26.9 Å². The Balaban J connectivity index is 4.00. The number of rotatable bonds is 4. The number of ether oxygens (including phenoxy) is 1. The second kappa shape index (κ2) is 4.34. The van der Waals surface area contributed by atoms with Gasteiger partial charge >= 0.3 is 5.97 Å². The van der Waals surface area contributed by atoms with Gasteiger partial charge in [0.1, 0.15) is 0 Å². The number of aliphatic carboxylic acids is 1. The zero-order valence-corrected chi connectivity index (χ0v) is 7.50. The molecule has 0 heterocycles. The Hall–Kier alpha value is -0.570. The third kappa shape index (κ3) is 2.89. The summed E-state index contributed by atoms with van der Waals surface area (Å²) in [5.41, 5.74) is 0. The highest BCUT2D eigenvalue weighted by Gasteiger charge is 2.23. The molecule has 0 aliphatic carbocycles. The van der Waals surface area contributed by atoms with E-state index in [2.05, 4.69) is 0 Å². The first kappa shape index (κ1) is 10.4. The van der Waals surface area contributed by atoms with Crippen molar-refractivity contribution >= 4 is 5.97 Å². The highest BCUT2D eigenvalue weighted by atomic mass is 16.5. The maximum Gasteiger partial charge on any atom is 0.306 e. The molecule has 66 valence electrons. The van der Waals surface area contributed by atoms with E-state index < -0.39 is 5.97 Å². The van der Waals surface area contributed by atoms with Crippen LogP contribution in [0.1, 0.15) is 20.8 Å². The molecular weight excluding hydrogens is 144 g/mol. The molecule has 0 rings (SSSR count). The fraction of sp³-hybridized carbons (Fsp3) is 0.875. The lowest BCUT2D eigenvalue weighted by atomic mass is 9.92. The van der Waals surface area contributed by atoms with Crippen molar-refractivity contribution in [1.82, 2.24) is 0 Å². The van der Waals surface area contributed by atoms with Crippen LogP contribution in [-0.4, -0.2) is 24.3 Å². The van der Waals surface area contributed by atoms with E-state index in [1.807, 2.05) is 13.8 Å². The van der Waals surface area contributed by atoms with Gasteiger partial charge in [0, 0.05) is 7.11 Å². The quantitative estimate of drug-likeness (QED) is 0.675. The van der Waals surface area contributed by atoms with Gasteiger partial charge in [0.25, 0.3) is 0 Å². The van der Waals surface area contributed by atoms with Crippen molar-refractivity contribution in [3.8, 4) is 0 Å². The van der Waals surface area contributed by atoms with Crippen LogP contribution in [0, 0.1) is 11.8 Å². The summed E-state index contributed by atoms with van der Waals surface area (Å²) < 4.78 is 5.02. The fourth-order valence-electron chi connectivity index (χ4n) is 0.846. The van der Waals surface area contributed by atoms with E-state index in [0.717, 1.165) is 0 Å². The molecule has 0 amide bonds. The van der Waals surface area contributed by atoms with Crippen LogP contribution >= 0.6 is 0 Å². The Morgan fingerprint density at radius 2 is 1.82 bits per heavy atom. The van der Waals surface area contributed by atoms with Crippen molar-refractivity contribution < 1.29 is 14.6 Å². The number of hydrogen-bond acceptors (Lipinski definition) is 2. The van der Waals surface area contributed by atoms with Gasteiger partial charge in [-0.1, -0.05) is 13.8 Å². The van der Waals surface area contributed by atoms with Crippen molar-refractivity contribution in [3.05, 3.63) is 0 Å². The number of hydrogen-bond donors (Lipinski definition) is 1. The second-order valence-corrected chi connectivity index (χ2v) is 2.93. The Bertz CT molecular complexity index is 133. The lowest BCUT2D eigenvalue weighted by Gasteiger charge is -2.21. The van der Waals surface area contributed by atoms with E-state index in [0.29, 0.717) is 0 Å². The Morgan fingerprint density at radius 3 is 2.09 bits per heavy atom. The Kier molecular flexibility index (Phi) is 4.11. The van der Waals surface area contributed by atoms with Gasteiger partial charge in [-0.25, -0.2) is 0 Å². The van der Waals surface area contributed by atoms with Crippen molar-refractivity contribution in [1.29, 1.82) is 0 Å². The van der Waals surface area contributed by atoms with Crippen LogP contribution in [-0.2, 0) is 9.53 Å². The van der Waals surface area contributed by atoms with E-state index in [9.17, 15) is 4.79 Å². The minimum absolute atomic E-state index is 0.00102. The molecule has 0 aromatic rings. The van der Waals surface area contributed by atoms with Crippen molar-refractivity contribution in [3.63, 3.8) is 0 Å². The maximum atomic E-state index is 10.5. The molecule has 0 bridgehead atoms. The topological polar surface area (TPSA) is 46.5 Å². The summed E-state index contributed by atoms with van der Waals surface area (Å²) in [6, 6.07) is 0. The monoisotopic (exact) mass is 160 g/mol. The third-order valence-corrected chi connectivity index (χ3v) is 2.29. The molecule has 0 aromatic carbocycles. The van der Waals surface area contributed by atoms with Crippen molar-refractivity contribution in [2.75, 3.05) is 7.11 Å². The first-order valence-corrected chi connectivity index (χ1v) is 3.76. The van der Waals surface area contributed by atoms with E-state index in [1.54, 1.807) is 14.0 Å². The highest BCUT2D eigenvalue weighted by molar-refractivity contribution is 5.69. The number of methoxy groups -OCH3 is 1. The Morgan fingerprint density at radius 1 is 1.36 bits per heavy atom. The van der Waals surface area contributed by atoms with E-state index in [4.69, 9.17) is 9.84 Å². The van der Waals surface area contributed by atoms with Gasteiger partial charge in [0.05, 0.1) is 12.0 Å². The summed E-state index contributed by atoms with van der Waals surface area (Å²) in [6.45, 7) is 5.46. The molecule has 3 atom stereocenters. The van der Waals surface area contributed by atoms with Crippen LogP contribution in [0.3, 0.4) is 0 Å². The zero-order valence-electron chi connectivity index (χ0n) is 7.50. The van der Waals surface area contributed by atoms with Crippen LogP contribution in [0.2, 0.25) is 0 Å². The van der Waals surface area contributed by atoms with E-state index in [1.165, 1.54) is 0 Å². The molecule has 3 heteroatoms. The summed E-state index contributed by atoms with van der Waals surface area (Å²) in [5.74, 6) is -1.05. The molecule has 3 unspecified atom stereocenters. The molecule has 0 fully saturated rings. The van der Waals surface area contributed by atoms with Crippen LogP contribution in [0.25, 0.3) is 0 Å². The molecule has 0 radical (unpaired) electrons. The van der Waals surface area contributed by atoms with Gasteiger partial charge in [0.15, 0.2) is 0 Å². The Labute approximate surface area is 67.4 Å². The average Bonchev–Trinajstić information content (AvgIpc) is 2.00. The van der Waals surface area contributed by atoms with Gasteiger partial charge in [0.2, 0.25) is 0 Å². The first-order chi connectivity index (χ1) is 5.00. The van der Waals surface area contributed by atoms with E-state index >= 15 is 0 Å². The smallest absolute Gasteiger partial charge is 0.306 e. The lowest BCUT2D eigenvalue weighted by molar-refractivity contribution is -0.144. The van der Waals surface area contributed by atoms with Crippen LogP contribution in [0.4, 0.5) is 0 Å². The van der Waals surface area contributed by atoms with Crippen LogP contribution in [0.5, 0.6) is 0 Å². The normalized spacial score (nSPS) is 18.9. The third-order valence-electron chi connectivity index (χ3n) is 2.29. The minimum Gasteiger partial charge on any atom is -0.481 e. The molecule has 0 aliphatic heterocycles. The average molecular weight is 160 g/mol. The van der Waals surface area contributed by atoms with Gasteiger partial charge in [-0.15, -0.1) is 0 Å². The number of carboxylic acids is 1. The maximum absolute atomic E-state index is 10.5. The van der Waals surface area contributed by atoms with Gasteiger partial charge in [-0.3, -0.25) is 4.79 Å². The second-order valence-electron chi connectivity index (χ2n) is 2.93. The predicted molar refractivity (Wildman–Crippen MR) is 42.4 cm³/mol. The summed E-state index contributed by atoms with van der Waals surface area (Å²) in [4.78, 5) is 10.5. The first-order valence-electron chi connectivity index (χ1n) is 3.76. The SMILES string of the molecule is COC(C)C(C)C(C)C(=O)O. The molecule has 0 aliphatic rings. The van der Waals surface area contributed by atoms with Gasteiger partial charge in [-0.05, 0) is 12.8 Å². The zero-order chi connectivity index (χ0) is 9.02. The fourth-order valence-corrected chi connectivity index (χ4v) is 0.846. The number of carbonyl (C=O) groups is 1. The summed E-state index contributed by atoms with van der Waals surface area (Å²) in [5, 5.41) is 8.64. The predicted octanol–water partition coefficient (Wildman–Crippen LogP) is 1.38. The number of carboxylic acid groups (broad SMARTS) is 1. The molecule has 0 saturated heterocycles. The minimum atomic E-state index is -0.763. The molecule has 11 heavy (non-hydrogen) atoms. The van der Waals surface area contributed by atoms with Crippen molar-refractivity contribution in [2.24, 2.45) is 11.8 Å². The lowest BCUT2D eigenvalue weighted by Crippen LogP contribution is -2.27. The molecule has 1 N–H and O–H groups in total. The summed E-state index contributed by atoms with van der Waals surface area (Å²) in [7, 11) is 1.59. The highest BCUT2D eigenvalue weighted by Crippen LogP contribution is 2.16. The summed E-state index contributed by atoms with van der Waals surface area (Å²) in [6.07, 6.45) is 0.00102. The van der Waals surface area contributed by atoms with Gasteiger partial charge in [-0.2, -0.15) is 0 Å². The summed E-state index contributed by atoms with van der Waals surface area (Å²) >= 11 is 0. The van der Waals surface area contributed by atoms with Crippen LogP contribution in [0.15, 0.2) is 0 Å².